The molecule has 25 heavy (non-hydrogen) atoms. The molecule has 0 aliphatic rings. The highest BCUT2D eigenvalue weighted by Crippen LogP contribution is 2.22. The number of benzene rings is 1. The lowest BCUT2D eigenvalue weighted by Crippen LogP contribution is -2.33. The maximum Gasteiger partial charge on any atom is 0.140 e. The lowest BCUT2D eigenvalue weighted by molar-refractivity contribution is 0.0125. The van der Waals surface area contributed by atoms with Crippen molar-refractivity contribution in [2.24, 2.45) is 7.05 Å². The van der Waals surface area contributed by atoms with Crippen LogP contribution in [0.3, 0.4) is 0 Å². The number of aliphatic hydroxyl groups is 2. The van der Waals surface area contributed by atoms with E-state index in [1.165, 1.54) is 4.88 Å². The van der Waals surface area contributed by atoms with E-state index in [4.69, 9.17) is 0 Å². The van der Waals surface area contributed by atoms with Crippen LogP contribution in [0.1, 0.15) is 16.8 Å². The van der Waals surface area contributed by atoms with Crippen molar-refractivity contribution in [3.05, 3.63) is 64.7 Å². The Hall–Kier alpha value is -1.99. The first-order chi connectivity index (χ1) is 12.1. The molecule has 132 valence electrons. The summed E-state index contributed by atoms with van der Waals surface area (Å²) in [5.74, 6) is 0.464. The third kappa shape index (κ3) is 4.55. The Labute approximate surface area is 151 Å². The van der Waals surface area contributed by atoms with Crippen molar-refractivity contribution in [1.82, 2.24) is 14.9 Å². The average Bonchev–Trinajstić information content (AvgIpc) is 3.28. The second-order valence-corrected chi connectivity index (χ2v) is 7.04. The standard InChI is InChI=1S/C19H23N3O2S/c1-22-13-16(14-6-3-2-4-7-14)21-19(22)18(24)17(23)12-20-10-9-15-8-5-11-25-15/h2-8,11,13,17-18,20,23-24H,9-10,12H2,1H3/t17-,18+/m0/s1. The molecular weight excluding hydrogens is 334 g/mol. The third-order valence-corrected chi connectivity index (χ3v) is 5.03. The van der Waals surface area contributed by atoms with Crippen molar-refractivity contribution in [3.8, 4) is 11.3 Å². The van der Waals surface area contributed by atoms with Crippen LogP contribution >= 0.6 is 11.3 Å². The Morgan fingerprint density at radius 2 is 1.96 bits per heavy atom. The Kier molecular flexibility index (Phi) is 5.99. The number of aryl methyl sites for hydroxylation is 1. The molecule has 3 N–H and O–H groups in total. The van der Waals surface area contributed by atoms with Gasteiger partial charge >= 0.3 is 0 Å². The van der Waals surface area contributed by atoms with Gasteiger partial charge in [0.2, 0.25) is 0 Å². The molecule has 0 aliphatic carbocycles. The molecule has 0 unspecified atom stereocenters. The van der Waals surface area contributed by atoms with Gasteiger partial charge in [0, 0.05) is 36.8 Å². The van der Waals surface area contributed by atoms with Gasteiger partial charge in [-0.3, -0.25) is 0 Å². The topological polar surface area (TPSA) is 70.3 Å². The third-order valence-electron chi connectivity index (χ3n) is 4.09. The van der Waals surface area contributed by atoms with E-state index in [1.807, 2.05) is 49.6 Å². The molecule has 6 heteroatoms. The fraction of sp³-hybridized carbons (Fsp3) is 0.316. The minimum absolute atomic E-state index is 0.320. The molecule has 5 nitrogen and oxygen atoms in total. The SMILES string of the molecule is Cn1cc(-c2ccccc2)nc1[C@H](O)[C@@H](O)CNCCc1cccs1. The Bertz CT molecular complexity index is 771. The Morgan fingerprint density at radius 1 is 1.16 bits per heavy atom. The zero-order valence-electron chi connectivity index (χ0n) is 14.2. The number of nitrogens with one attached hydrogen (secondary N) is 1. The van der Waals surface area contributed by atoms with Crippen molar-refractivity contribution in [1.29, 1.82) is 0 Å². The van der Waals surface area contributed by atoms with Crippen LogP contribution in [0.5, 0.6) is 0 Å². The Balaban J connectivity index is 1.56. The molecule has 0 bridgehead atoms. The fourth-order valence-electron chi connectivity index (χ4n) is 2.70. The Morgan fingerprint density at radius 3 is 2.68 bits per heavy atom. The quantitative estimate of drug-likeness (QED) is 0.541. The number of hydrogen-bond donors (Lipinski definition) is 3. The zero-order chi connectivity index (χ0) is 17.6. The van der Waals surface area contributed by atoms with Gasteiger partial charge in [0.15, 0.2) is 0 Å². The predicted octanol–water partition coefficient (Wildman–Crippen LogP) is 2.38. The number of thiophene rings is 1. The summed E-state index contributed by atoms with van der Waals surface area (Å²) in [6.45, 7) is 1.08. The number of rotatable bonds is 8. The number of imidazole rings is 1. The van der Waals surface area contributed by atoms with Gasteiger partial charge in [-0.1, -0.05) is 36.4 Å². The average molecular weight is 357 g/mol. The molecule has 0 spiro atoms. The van der Waals surface area contributed by atoms with Crippen LogP contribution in [0.4, 0.5) is 0 Å². The summed E-state index contributed by atoms with van der Waals surface area (Å²) >= 11 is 1.72. The van der Waals surface area contributed by atoms with Gasteiger partial charge in [0.05, 0.1) is 11.8 Å². The first-order valence-electron chi connectivity index (χ1n) is 8.33. The van der Waals surface area contributed by atoms with Crippen LogP contribution in [0.2, 0.25) is 0 Å². The van der Waals surface area contributed by atoms with E-state index in [0.29, 0.717) is 12.4 Å². The van der Waals surface area contributed by atoms with E-state index < -0.39 is 12.2 Å². The van der Waals surface area contributed by atoms with Crippen LogP contribution < -0.4 is 5.32 Å². The number of aliphatic hydroxyl groups excluding tert-OH is 2. The molecule has 0 amide bonds. The van der Waals surface area contributed by atoms with Gasteiger partial charge in [-0.2, -0.15) is 0 Å². The first kappa shape index (κ1) is 17.8. The lowest BCUT2D eigenvalue weighted by Gasteiger charge is -2.18. The maximum absolute atomic E-state index is 10.4. The van der Waals surface area contributed by atoms with Gasteiger partial charge in [-0.25, -0.2) is 4.98 Å². The smallest absolute Gasteiger partial charge is 0.140 e. The number of aromatic nitrogens is 2. The minimum Gasteiger partial charge on any atom is -0.389 e. The van der Waals surface area contributed by atoms with Crippen LogP contribution in [-0.2, 0) is 13.5 Å². The minimum atomic E-state index is -1.03. The molecule has 0 fully saturated rings. The van der Waals surface area contributed by atoms with Crippen molar-refractivity contribution in [3.63, 3.8) is 0 Å². The molecule has 3 rings (SSSR count). The van der Waals surface area contributed by atoms with Crippen LogP contribution in [0.25, 0.3) is 11.3 Å². The summed E-state index contributed by atoms with van der Waals surface area (Å²) in [4.78, 5) is 5.80. The highest BCUT2D eigenvalue weighted by atomic mass is 32.1. The fourth-order valence-corrected chi connectivity index (χ4v) is 3.41. The lowest BCUT2D eigenvalue weighted by atomic mass is 10.1. The molecule has 2 atom stereocenters. The van der Waals surface area contributed by atoms with E-state index in [-0.39, 0.29) is 0 Å². The summed E-state index contributed by atoms with van der Waals surface area (Å²) in [5, 5.41) is 26.0. The van der Waals surface area contributed by atoms with E-state index >= 15 is 0 Å². The van der Waals surface area contributed by atoms with E-state index in [0.717, 1.165) is 24.2 Å². The summed E-state index contributed by atoms with van der Waals surface area (Å²) in [6.07, 6.45) is 0.844. The summed E-state index contributed by atoms with van der Waals surface area (Å²) < 4.78 is 1.77. The van der Waals surface area contributed by atoms with E-state index in [9.17, 15) is 10.2 Å². The van der Waals surface area contributed by atoms with Gasteiger partial charge in [-0.15, -0.1) is 11.3 Å². The van der Waals surface area contributed by atoms with Crippen LogP contribution in [-0.4, -0.2) is 39.0 Å². The highest BCUT2D eigenvalue weighted by molar-refractivity contribution is 7.09. The van der Waals surface area contributed by atoms with Crippen molar-refractivity contribution in [2.75, 3.05) is 13.1 Å². The molecule has 0 radical (unpaired) electrons. The van der Waals surface area contributed by atoms with Crippen LogP contribution in [0, 0.1) is 0 Å². The largest absolute Gasteiger partial charge is 0.389 e. The summed E-state index contributed by atoms with van der Waals surface area (Å²) in [6, 6.07) is 13.9. The van der Waals surface area contributed by atoms with Gasteiger partial charge in [0.1, 0.15) is 11.9 Å². The molecule has 2 heterocycles. The van der Waals surface area contributed by atoms with Crippen molar-refractivity contribution < 1.29 is 10.2 Å². The van der Waals surface area contributed by atoms with Gasteiger partial charge in [-0.05, 0) is 17.9 Å². The number of nitrogens with zero attached hydrogens (tertiary/aromatic N) is 2. The normalized spacial score (nSPS) is 13.7. The second kappa shape index (κ2) is 8.40. The maximum atomic E-state index is 10.4. The van der Waals surface area contributed by atoms with Crippen LogP contribution in [0.15, 0.2) is 54.0 Å². The van der Waals surface area contributed by atoms with Gasteiger partial charge in [0.25, 0.3) is 0 Å². The second-order valence-electron chi connectivity index (χ2n) is 6.01. The molecule has 3 aromatic rings. The van der Waals surface area contributed by atoms with E-state index in [1.54, 1.807) is 15.9 Å². The van der Waals surface area contributed by atoms with Gasteiger partial charge < -0.3 is 20.1 Å². The van der Waals surface area contributed by atoms with Crippen molar-refractivity contribution >= 4 is 11.3 Å². The molecule has 0 saturated carbocycles. The molecular formula is C19H23N3O2S. The zero-order valence-corrected chi connectivity index (χ0v) is 15.0. The highest BCUT2D eigenvalue weighted by Gasteiger charge is 2.23. The summed E-state index contributed by atoms with van der Waals surface area (Å²) in [7, 11) is 1.83. The molecule has 1 aromatic carbocycles. The molecule has 0 saturated heterocycles. The summed E-state index contributed by atoms with van der Waals surface area (Å²) in [5.41, 5.74) is 1.77. The van der Waals surface area contributed by atoms with E-state index in [2.05, 4.69) is 21.7 Å². The monoisotopic (exact) mass is 357 g/mol. The van der Waals surface area contributed by atoms with Crippen molar-refractivity contribution in [2.45, 2.75) is 18.6 Å². The molecule has 2 aromatic heterocycles. The predicted molar refractivity (Wildman–Crippen MR) is 101 cm³/mol. The first-order valence-corrected chi connectivity index (χ1v) is 9.21. The number of hydrogen-bond acceptors (Lipinski definition) is 5. The molecule has 0 aliphatic heterocycles.